The molecule has 1 unspecified atom stereocenters. The lowest BCUT2D eigenvalue weighted by Gasteiger charge is -2.15. The first-order chi connectivity index (χ1) is 8.27. The fraction of sp³-hybridized carbons (Fsp3) is 0.357. The third kappa shape index (κ3) is 6.05. The van der Waals surface area contributed by atoms with Gasteiger partial charge in [-0.15, -0.1) is 30.6 Å². The molecule has 0 aliphatic rings. The van der Waals surface area contributed by atoms with Crippen LogP contribution in [0.5, 0.6) is 0 Å². The Bertz CT molecular complexity index is 363. The van der Waals surface area contributed by atoms with Gasteiger partial charge in [-0.1, -0.05) is 43.3 Å². The highest BCUT2D eigenvalue weighted by Gasteiger charge is 2.05. The Kier molecular flexibility index (Phi) is 9.36. The van der Waals surface area contributed by atoms with Crippen LogP contribution in [0.3, 0.4) is 0 Å². The van der Waals surface area contributed by atoms with Gasteiger partial charge in [0, 0.05) is 20.1 Å². The van der Waals surface area contributed by atoms with Gasteiger partial charge in [0.05, 0.1) is 0 Å². The van der Waals surface area contributed by atoms with Gasteiger partial charge in [-0.3, -0.25) is 4.99 Å². The summed E-state index contributed by atoms with van der Waals surface area (Å²) in [7, 11) is 1.77. The van der Waals surface area contributed by atoms with Gasteiger partial charge in [0.15, 0.2) is 5.96 Å². The molecule has 1 aromatic rings. The molecule has 3 nitrogen and oxygen atoms in total. The highest BCUT2D eigenvalue weighted by Crippen LogP contribution is 2.12. The van der Waals surface area contributed by atoms with Gasteiger partial charge in [-0.2, -0.15) is 0 Å². The van der Waals surface area contributed by atoms with Gasteiger partial charge in [0.2, 0.25) is 0 Å². The summed E-state index contributed by atoms with van der Waals surface area (Å²) < 4.78 is 0. The zero-order valence-corrected chi connectivity index (χ0v) is 13.3. The maximum Gasteiger partial charge on any atom is 0.191 e. The van der Waals surface area contributed by atoms with E-state index in [9.17, 15) is 0 Å². The lowest BCUT2D eigenvalue weighted by molar-refractivity contribution is 0.705. The molecular weight excluding hydrogens is 337 g/mol. The SMILES string of the molecule is C=CCNC(=NC)NCC(C)c1ccccc1.I. The van der Waals surface area contributed by atoms with Crippen molar-refractivity contribution < 1.29 is 0 Å². The Hall–Kier alpha value is -1.04. The van der Waals surface area contributed by atoms with E-state index in [0.29, 0.717) is 5.92 Å². The third-order valence-electron chi connectivity index (χ3n) is 2.58. The van der Waals surface area contributed by atoms with E-state index >= 15 is 0 Å². The predicted octanol–water partition coefficient (Wildman–Crippen LogP) is 2.76. The molecule has 18 heavy (non-hydrogen) atoms. The van der Waals surface area contributed by atoms with E-state index in [2.05, 4.69) is 53.4 Å². The van der Waals surface area contributed by atoms with Crippen molar-refractivity contribution in [3.8, 4) is 0 Å². The molecule has 0 radical (unpaired) electrons. The minimum Gasteiger partial charge on any atom is -0.356 e. The predicted molar refractivity (Wildman–Crippen MR) is 89.8 cm³/mol. The molecule has 100 valence electrons. The smallest absolute Gasteiger partial charge is 0.191 e. The van der Waals surface area contributed by atoms with Crippen LogP contribution in [-0.2, 0) is 0 Å². The fourth-order valence-corrected chi connectivity index (χ4v) is 1.54. The minimum atomic E-state index is 0. The van der Waals surface area contributed by atoms with Crippen molar-refractivity contribution in [3.05, 3.63) is 48.6 Å². The van der Waals surface area contributed by atoms with Crippen LogP contribution in [-0.4, -0.2) is 26.1 Å². The number of hydrogen-bond acceptors (Lipinski definition) is 1. The van der Waals surface area contributed by atoms with Gasteiger partial charge in [0.1, 0.15) is 0 Å². The van der Waals surface area contributed by atoms with Crippen molar-refractivity contribution >= 4 is 29.9 Å². The van der Waals surface area contributed by atoms with Crippen molar-refractivity contribution in [1.82, 2.24) is 10.6 Å². The van der Waals surface area contributed by atoms with Crippen LogP contribution in [0.4, 0.5) is 0 Å². The molecule has 0 amide bonds. The first-order valence-corrected chi connectivity index (χ1v) is 5.88. The van der Waals surface area contributed by atoms with Crippen molar-refractivity contribution in [2.45, 2.75) is 12.8 Å². The number of aliphatic imine (C=N–C) groups is 1. The largest absolute Gasteiger partial charge is 0.356 e. The molecule has 0 bridgehead atoms. The monoisotopic (exact) mass is 359 g/mol. The van der Waals surface area contributed by atoms with Crippen molar-refractivity contribution in [3.63, 3.8) is 0 Å². The second kappa shape index (κ2) is 9.94. The van der Waals surface area contributed by atoms with E-state index < -0.39 is 0 Å². The zero-order chi connectivity index (χ0) is 12.5. The standard InChI is InChI=1S/C14H21N3.HI/c1-4-10-16-14(15-3)17-11-12(2)13-8-6-5-7-9-13;/h4-9,12H,1,10-11H2,2-3H3,(H2,15,16,17);1H. The first-order valence-electron chi connectivity index (χ1n) is 5.88. The molecule has 4 heteroatoms. The molecule has 0 aromatic heterocycles. The van der Waals surface area contributed by atoms with Crippen LogP contribution < -0.4 is 10.6 Å². The summed E-state index contributed by atoms with van der Waals surface area (Å²) in [5.74, 6) is 1.27. The molecule has 1 aromatic carbocycles. The second-order valence-electron chi connectivity index (χ2n) is 3.93. The van der Waals surface area contributed by atoms with Gasteiger partial charge < -0.3 is 10.6 Å². The molecular formula is C14H22IN3. The van der Waals surface area contributed by atoms with Crippen LogP contribution in [0.15, 0.2) is 48.0 Å². The van der Waals surface area contributed by atoms with Crippen LogP contribution in [0.2, 0.25) is 0 Å². The molecule has 0 saturated carbocycles. The Morgan fingerprint density at radius 2 is 2.00 bits per heavy atom. The number of benzene rings is 1. The van der Waals surface area contributed by atoms with Crippen molar-refractivity contribution in [1.29, 1.82) is 0 Å². The topological polar surface area (TPSA) is 36.4 Å². The van der Waals surface area contributed by atoms with Crippen LogP contribution in [0, 0.1) is 0 Å². The molecule has 0 aliphatic carbocycles. The van der Waals surface area contributed by atoms with Gasteiger partial charge in [-0.05, 0) is 11.5 Å². The van der Waals surface area contributed by atoms with E-state index in [0.717, 1.165) is 19.0 Å². The van der Waals surface area contributed by atoms with E-state index in [4.69, 9.17) is 0 Å². The van der Waals surface area contributed by atoms with Crippen LogP contribution in [0.1, 0.15) is 18.4 Å². The Morgan fingerprint density at radius 3 is 2.56 bits per heavy atom. The molecule has 0 aliphatic heterocycles. The Labute approximate surface area is 127 Å². The summed E-state index contributed by atoms with van der Waals surface area (Å²) in [4.78, 5) is 4.14. The normalized spacial score (nSPS) is 12.2. The molecule has 1 rings (SSSR count). The van der Waals surface area contributed by atoms with E-state index in [-0.39, 0.29) is 24.0 Å². The molecule has 0 spiro atoms. The maximum absolute atomic E-state index is 4.14. The Morgan fingerprint density at radius 1 is 1.33 bits per heavy atom. The average Bonchev–Trinajstić information content (AvgIpc) is 2.39. The summed E-state index contributed by atoms with van der Waals surface area (Å²) in [5.41, 5.74) is 1.33. The summed E-state index contributed by atoms with van der Waals surface area (Å²) >= 11 is 0. The number of rotatable bonds is 5. The van der Waals surface area contributed by atoms with E-state index in [1.54, 1.807) is 7.05 Å². The quantitative estimate of drug-likeness (QED) is 0.367. The number of nitrogens with one attached hydrogen (secondary N) is 2. The minimum absolute atomic E-state index is 0. The van der Waals surface area contributed by atoms with Crippen LogP contribution in [0.25, 0.3) is 0 Å². The van der Waals surface area contributed by atoms with Crippen molar-refractivity contribution in [2.24, 2.45) is 4.99 Å². The fourth-order valence-electron chi connectivity index (χ4n) is 1.54. The van der Waals surface area contributed by atoms with Crippen LogP contribution >= 0.6 is 24.0 Å². The first kappa shape index (κ1) is 17.0. The molecule has 2 N–H and O–H groups in total. The maximum atomic E-state index is 4.14. The summed E-state index contributed by atoms with van der Waals surface area (Å²) in [6.07, 6.45) is 1.81. The molecule has 0 saturated heterocycles. The second-order valence-corrected chi connectivity index (χ2v) is 3.93. The van der Waals surface area contributed by atoms with E-state index in [1.807, 2.05) is 12.1 Å². The summed E-state index contributed by atoms with van der Waals surface area (Å²) in [5, 5.41) is 6.44. The highest BCUT2D eigenvalue weighted by molar-refractivity contribution is 14.0. The van der Waals surface area contributed by atoms with Gasteiger partial charge >= 0.3 is 0 Å². The lowest BCUT2D eigenvalue weighted by atomic mass is 10.0. The third-order valence-corrected chi connectivity index (χ3v) is 2.58. The summed E-state index contributed by atoms with van der Waals surface area (Å²) in [6.45, 7) is 7.45. The molecule has 0 fully saturated rings. The molecule has 0 heterocycles. The highest BCUT2D eigenvalue weighted by atomic mass is 127. The zero-order valence-electron chi connectivity index (χ0n) is 11.0. The number of halogens is 1. The average molecular weight is 359 g/mol. The van der Waals surface area contributed by atoms with Gasteiger partial charge in [-0.25, -0.2) is 0 Å². The number of hydrogen-bond donors (Lipinski definition) is 2. The molecule has 1 atom stereocenters. The van der Waals surface area contributed by atoms with Crippen molar-refractivity contribution in [2.75, 3.05) is 20.1 Å². The summed E-state index contributed by atoms with van der Waals surface area (Å²) in [6, 6.07) is 10.5. The number of guanidine groups is 1. The number of nitrogens with zero attached hydrogens (tertiary/aromatic N) is 1. The van der Waals surface area contributed by atoms with Gasteiger partial charge in [0.25, 0.3) is 0 Å². The lowest BCUT2D eigenvalue weighted by Crippen LogP contribution is -2.39. The Balaban J connectivity index is 0.00000289. The van der Waals surface area contributed by atoms with E-state index in [1.165, 1.54) is 5.56 Å².